The maximum Gasteiger partial charge on any atom is 0.231 e. The summed E-state index contributed by atoms with van der Waals surface area (Å²) in [6, 6.07) is 1.81. The summed E-state index contributed by atoms with van der Waals surface area (Å²) < 4.78 is 20.8. The quantitative estimate of drug-likeness (QED) is 0.754. The van der Waals surface area contributed by atoms with E-state index in [0.717, 1.165) is 11.0 Å². The zero-order valence-electron chi connectivity index (χ0n) is 5.60. The Hall–Kier alpha value is -0.650. The minimum absolute atomic E-state index is 0.851. The van der Waals surface area contributed by atoms with Gasteiger partial charge in [-0.25, -0.2) is 13.6 Å². The lowest BCUT2D eigenvalue weighted by molar-refractivity contribution is 0.606. The molecule has 0 bridgehead atoms. The molecule has 0 spiro atoms. The fraction of sp³-hybridized carbons (Fsp3) is 0. The maximum atomic E-state index is 10.4. The third-order valence-corrected chi connectivity index (χ3v) is 2.21. The van der Waals surface area contributed by atoms with Crippen LogP contribution in [0.15, 0.2) is 22.2 Å². The molecule has 0 fully saturated rings. The molecule has 1 heterocycles. The van der Waals surface area contributed by atoms with E-state index in [-0.39, 0.29) is 0 Å². The summed E-state index contributed by atoms with van der Waals surface area (Å²) in [5, 5.41) is 9.42. The SMILES string of the molecule is NS(=O)(=O)/C=C/c1ccsc1. The van der Waals surface area contributed by atoms with Crippen LogP contribution in [-0.4, -0.2) is 8.42 Å². The highest BCUT2D eigenvalue weighted by Gasteiger charge is 1.92. The van der Waals surface area contributed by atoms with E-state index in [0.29, 0.717) is 0 Å². The van der Waals surface area contributed by atoms with E-state index >= 15 is 0 Å². The molecule has 0 saturated heterocycles. The Kier molecular flexibility index (Phi) is 2.43. The number of hydrogen-bond acceptors (Lipinski definition) is 3. The molecule has 0 saturated carbocycles. The fourth-order valence-electron chi connectivity index (χ4n) is 0.543. The van der Waals surface area contributed by atoms with Gasteiger partial charge in [-0.05, 0) is 28.5 Å². The first-order valence-corrected chi connectivity index (χ1v) is 5.36. The molecule has 1 aromatic rings. The van der Waals surface area contributed by atoms with E-state index in [2.05, 4.69) is 0 Å². The van der Waals surface area contributed by atoms with Crippen LogP contribution >= 0.6 is 11.3 Å². The molecule has 1 rings (SSSR count). The molecule has 0 atom stereocenters. The average molecular weight is 189 g/mol. The standard InChI is InChI=1S/C6H7NO2S2/c7-11(8,9)4-2-6-1-3-10-5-6/h1-5H,(H2,7,8,9)/b4-2+. The van der Waals surface area contributed by atoms with Gasteiger partial charge in [0, 0.05) is 5.41 Å². The molecule has 0 aliphatic heterocycles. The Bertz CT molecular complexity index is 337. The van der Waals surface area contributed by atoms with E-state index in [4.69, 9.17) is 5.14 Å². The molecule has 0 radical (unpaired) electrons. The normalized spacial score (nSPS) is 12.5. The Morgan fingerprint density at radius 1 is 1.55 bits per heavy atom. The van der Waals surface area contributed by atoms with Crippen molar-refractivity contribution >= 4 is 27.4 Å². The lowest BCUT2D eigenvalue weighted by atomic mass is 10.3. The van der Waals surface area contributed by atoms with Gasteiger partial charge in [0.1, 0.15) is 0 Å². The van der Waals surface area contributed by atoms with Crippen molar-refractivity contribution in [2.45, 2.75) is 0 Å². The summed E-state index contributed by atoms with van der Waals surface area (Å²) in [7, 11) is -3.48. The zero-order chi connectivity index (χ0) is 8.32. The highest BCUT2D eigenvalue weighted by Crippen LogP contribution is 2.07. The van der Waals surface area contributed by atoms with Crippen LogP contribution in [0.25, 0.3) is 6.08 Å². The first kappa shape index (κ1) is 8.45. The van der Waals surface area contributed by atoms with Crippen LogP contribution in [0.3, 0.4) is 0 Å². The topological polar surface area (TPSA) is 60.2 Å². The molecule has 11 heavy (non-hydrogen) atoms. The van der Waals surface area contributed by atoms with Gasteiger partial charge in [0.15, 0.2) is 0 Å². The molecule has 5 heteroatoms. The van der Waals surface area contributed by atoms with Crippen molar-refractivity contribution in [3.05, 3.63) is 27.8 Å². The van der Waals surface area contributed by atoms with Crippen LogP contribution in [0.1, 0.15) is 5.56 Å². The van der Waals surface area contributed by atoms with Gasteiger partial charge in [0.25, 0.3) is 0 Å². The minimum Gasteiger partial charge on any atom is -0.225 e. The Labute approximate surface area is 69.2 Å². The molecule has 0 unspecified atom stereocenters. The number of thiophene rings is 1. The van der Waals surface area contributed by atoms with Gasteiger partial charge in [-0.3, -0.25) is 0 Å². The molecule has 60 valence electrons. The predicted molar refractivity (Wildman–Crippen MR) is 46.5 cm³/mol. The molecule has 0 aliphatic carbocycles. The summed E-state index contributed by atoms with van der Waals surface area (Å²) in [5.41, 5.74) is 0.851. The van der Waals surface area contributed by atoms with Gasteiger partial charge < -0.3 is 0 Å². The van der Waals surface area contributed by atoms with Crippen molar-refractivity contribution in [3.63, 3.8) is 0 Å². The van der Waals surface area contributed by atoms with Crippen LogP contribution in [-0.2, 0) is 10.0 Å². The Morgan fingerprint density at radius 2 is 2.27 bits per heavy atom. The van der Waals surface area contributed by atoms with Gasteiger partial charge in [0.2, 0.25) is 10.0 Å². The van der Waals surface area contributed by atoms with Crippen molar-refractivity contribution < 1.29 is 8.42 Å². The molecule has 3 nitrogen and oxygen atoms in total. The first-order chi connectivity index (χ1) is 5.08. The predicted octanol–water partition coefficient (Wildman–Crippen LogP) is 1.01. The Balaban J connectivity index is 2.79. The summed E-state index contributed by atoms with van der Waals surface area (Å²) in [6.07, 6.45) is 1.46. The number of nitrogens with two attached hydrogens (primary N) is 1. The second kappa shape index (κ2) is 3.17. The van der Waals surface area contributed by atoms with Crippen molar-refractivity contribution in [3.8, 4) is 0 Å². The van der Waals surface area contributed by atoms with Gasteiger partial charge in [-0.1, -0.05) is 0 Å². The molecule has 2 N–H and O–H groups in total. The number of sulfonamides is 1. The van der Waals surface area contributed by atoms with E-state index in [1.54, 1.807) is 0 Å². The molecular formula is C6H7NO2S2. The van der Waals surface area contributed by atoms with E-state index in [1.165, 1.54) is 17.4 Å². The minimum atomic E-state index is -3.48. The van der Waals surface area contributed by atoms with Crippen molar-refractivity contribution in [1.82, 2.24) is 0 Å². The lowest BCUT2D eigenvalue weighted by Gasteiger charge is -1.83. The summed E-state index contributed by atoms with van der Waals surface area (Å²) >= 11 is 1.50. The number of hydrogen-bond donors (Lipinski definition) is 1. The van der Waals surface area contributed by atoms with Crippen molar-refractivity contribution in [2.75, 3.05) is 0 Å². The Morgan fingerprint density at radius 3 is 2.73 bits per heavy atom. The van der Waals surface area contributed by atoms with Crippen LogP contribution in [0.5, 0.6) is 0 Å². The summed E-state index contributed by atoms with van der Waals surface area (Å²) in [4.78, 5) is 0. The molecule has 0 aromatic carbocycles. The molecule has 1 aromatic heterocycles. The average Bonchev–Trinajstić information content (AvgIpc) is 2.32. The third-order valence-electron chi connectivity index (χ3n) is 0.993. The maximum absolute atomic E-state index is 10.4. The van der Waals surface area contributed by atoms with Crippen LogP contribution in [0.4, 0.5) is 0 Å². The molecule has 0 amide bonds. The van der Waals surface area contributed by atoms with Crippen molar-refractivity contribution in [2.24, 2.45) is 5.14 Å². The van der Waals surface area contributed by atoms with Crippen LogP contribution < -0.4 is 5.14 Å². The first-order valence-electron chi connectivity index (χ1n) is 2.81. The van der Waals surface area contributed by atoms with Gasteiger partial charge >= 0.3 is 0 Å². The second-order valence-electron chi connectivity index (χ2n) is 1.95. The zero-order valence-corrected chi connectivity index (χ0v) is 7.23. The smallest absolute Gasteiger partial charge is 0.225 e. The monoisotopic (exact) mass is 189 g/mol. The van der Waals surface area contributed by atoms with Crippen molar-refractivity contribution in [1.29, 1.82) is 0 Å². The largest absolute Gasteiger partial charge is 0.231 e. The highest BCUT2D eigenvalue weighted by atomic mass is 32.2. The van der Waals surface area contributed by atoms with Crippen LogP contribution in [0.2, 0.25) is 0 Å². The van der Waals surface area contributed by atoms with E-state index < -0.39 is 10.0 Å². The highest BCUT2D eigenvalue weighted by molar-refractivity contribution is 7.92. The van der Waals surface area contributed by atoms with E-state index in [1.807, 2.05) is 16.8 Å². The molecular weight excluding hydrogens is 182 g/mol. The molecule has 0 aliphatic rings. The lowest BCUT2D eigenvalue weighted by Crippen LogP contribution is -2.06. The summed E-state index contributed by atoms with van der Waals surface area (Å²) in [6.45, 7) is 0. The van der Waals surface area contributed by atoms with Gasteiger partial charge in [0.05, 0.1) is 0 Å². The summed E-state index contributed by atoms with van der Waals surface area (Å²) in [5.74, 6) is 0. The third kappa shape index (κ3) is 3.31. The number of rotatable bonds is 2. The van der Waals surface area contributed by atoms with Gasteiger partial charge in [-0.2, -0.15) is 11.3 Å². The van der Waals surface area contributed by atoms with Gasteiger partial charge in [-0.15, -0.1) is 0 Å². The number of primary sulfonamides is 1. The second-order valence-corrected chi connectivity index (χ2v) is 4.18. The fourth-order valence-corrected chi connectivity index (χ4v) is 1.52. The van der Waals surface area contributed by atoms with Crippen LogP contribution in [0, 0.1) is 0 Å². The van der Waals surface area contributed by atoms with E-state index in [9.17, 15) is 8.42 Å².